The van der Waals surface area contributed by atoms with Crippen molar-refractivity contribution in [2.75, 3.05) is 17.2 Å². The summed E-state index contributed by atoms with van der Waals surface area (Å²) in [6.07, 6.45) is 4.42. The zero-order chi connectivity index (χ0) is 24.8. The Hall–Kier alpha value is -3.14. The molecule has 184 valence electrons. The number of anilines is 2. The minimum Gasteiger partial charge on any atom is -0.492 e. The minimum atomic E-state index is -0.813. The Morgan fingerprint density at radius 1 is 1.24 bits per heavy atom. The van der Waals surface area contributed by atoms with Crippen molar-refractivity contribution < 1.29 is 19.1 Å². The van der Waals surface area contributed by atoms with E-state index in [9.17, 15) is 14.4 Å². The van der Waals surface area contributed by atoms with E-state index in [-0.39, 0.29) is 34.1 Å². The topological polar surface area (TPSA) is 141 Å². The van der Waals surface area contributed by atoms with Gasteiger partial charge in [-0.05, 0) is 55.8 Å². The number of carbonyl (C=O) groups excluding carboxylic acids is 3. The van der Waals surface area contributed by atoms with Gasteiger partial charge in [0.05, 0.1) is 18.0 Å². The van der Waals surface area contributed by atoms with Gasteiger partial charge in [0, 0.05) is 6.04 Å². The first-order chi connectivity index (χ1) is 16.2. The van der Waals surface area contributed by atoms with Gasteiger partial charge in [-0.2, -0.15) is 4.37 Å². The van der Waals surface area contributed by atoms with Crippen LogP contribution in [0.1, 0.15) is 73.0 Å². The summed E-state index contributed by atoms with van der Waals surface area (Å²) in [6.45, 7) is 6.23. The van der Waals surface area contributed by atoms with Crippen LogP contribution in [0.5, 0.6) is 5.75 Å². The molecule has 1 fully saturated rings. The van der Waals surface area contributed by atoms with Gasteiger partial charge in [0.25, 0.3) is 11.8 Å². The smallest absolute Gasteiger partial charge is 0.272 e. The average molecular weight is 488 g/mol. The number of carbonyl (C=O) groups is 3. The maximum Gasteiger partial charge on any atom is 0.272 e. The molecule has 3 rings (SSSR count). The molecule has 0 aliphatic heterocycles. The molecule has 0 bridgehead atoms. The second kappa shape index (κ2) is 11.3. The van der Waals surface area contributed by atoms with Crippen LogP contribution in [-0.2, 0) is 4.79 Å². The average Bonchev–Trinajstić information content (AvgIpc) is 3.43. The van der Waals surface area contributed by atoms with E-state index in [0.29, 0.717) is 24.5 Å². The lowest BCUT2D eigenvalue weighted by atomic mass is 9.99. The molecule has 1 aliphatic rings. The Morgan fingerprint density at radius 3 is 2.50 bits per heavy atom. The number of nitrogens with two attached hydrogens (primary N) is 2. The number of para-hydroxylation sites is 2. The van der Waals surface area contributed by atoms with E-state index in [2.05, 4.69) is 9.69 Å². The van der Waals surface area contributed by atoms with Gasteiger partial charge >= 0.3 is 0 Å². The highest BCUT2D eigenvalue weighted by atomic mass is 32.1. The maximum absolute atomic E-state index is 14.0. The molecule has 3 amide bonds. The van der Waals surface area contributed by atoms with E-state index in [1.54, 1.807) is 24.3 Å². The number of nitrogens with one attached hydrogen (secondary N) is 1. The van der Waals surface area contributed by atoms with Crippen molar-refractivity contribution in [3.8, 4) is 5.75 Å². The van der Waals surface area contributed by atoms with Gasteiger partial charge in [-0.25, -0.2) is 0 Å². The molecule has 1 atom stereocenters. The van der Waals surface area contributed by atoms with Crippen molar-refractivity contribution >= 4 is 40.6 Å². The number of hydrogen-bond donors (Lipinski definition) is 3. The Morgan fingerprint density at radius 2 is 1.91 bits per heavy atom. The van der Waals surface area contributed by atoms with Crippen molar-refractivity contribution in [1.29, 1.82) is 0 Å². The van der Waals surface area contributed by atoms with Crippen molar-refractivity contribution in [3.63, 3.8) is 0 Å². The molecule has 2 aromatic rings. The van der Waals surface area contributed by atoms with Crippen LogP contribution in [0.3, 0.4) is 0 Å². The summed E-state index contributed by atoms with van der Waals surface area (Å²) in [5, 5.41) is 3.14. The van der Waals surface area contributed by atoms with Gasteiger partial charge in [-0.15, -0.1) is 0 Å². The van der Waals surface area contributed by atoms with E-state index in [1.165, 1.54) is 4.90 Å². The summed E-state index contributed by atoms with van der Waals surface area (Å²) in [5.41, 5.74) is 11.7. The number of hydrogen-bond acceptors (Lipinski definition) is 7. The van der Waals surface area contributed by atoms with E-state index >= 15 is 0 Å². The van der Waals surface area contributed by atoms with E-state index in [0.717, 1.165) is 37.2 Å². The van der Waals surface area contributed by atoms with Crippen LogP contribution in [0.25, 0.3) is 0 Å². The number of benzene rings is 1. The zero-order valence-corrected chi connectivity index (χ0v) is 20.7. The summed E-state index contributed by atoms with van der Waals surface area (Å²) >= 11 is 0.796. The first-order valence-electron chi connectivity index (χ1n) is 11.6. The maximum atomic E-state index is 14.0. The molecule has 0 radical (unpaired) electrons. The SMILES string of the molecule is CCOc1ccccc1N(C(=O)c1snc(C(N)=O)c1N)C(CC(C)C)C(=O)NC1CCCC1. The number of primary amides is 1. The van der Waals surface area contributed by atoms with Gasteiger partial charge in [-0.3, -0.25) is 19.3 Å². The van der Waals surface area contributed by atoms with Gasteiger partial charge < -0.3 is 21.5 Å². The van der Waals surface area contributed by atoms with Crippen LogP contribution < -0.4 is 26.4 Å². The highest BCUT2D eigenvalue weighted by molar-refractivity contribution is 7.09. The van der Waals surface area contributed by atoms with Crippen LogP contribution in [-0.4, -0.2) is 40.8 Å². The zero-order valence-electron chi connectivity index (χ0n) is 19.9. The second-order valence-corrected chi connectivity index (χ2v) is 9.62. The summed E-state index contributed by atoms with van der Waals surface area (Å²) in [7, 11) is 0. The third kappa shape index (κ3) is 5.67. The Labute approximate surface area is 204 Å². The quantitative estimate of drug-likeness (QED) is 0.469. The Balaban J connectivity index is 2.11. The number of rotatable bonds is 10. The van der Waals surface area contributed by atoms with Crippen LogP contribution in [0.4, 0.5) is 11.4 Å². The monoisotopic (exact) mass is 487 g/mol. The van der Waals surface area contributed by atoms with Crippen LogP contribution in [0.15, 0.2) is 24.3 Å². The molecule has 34 heavy (non-hydrogen) atoms. The second-order valence-electron chi connectivity index (χ2n) is 8.85. The molecule has 1 saturated carbocycles. The molecule has 1 aromatic heterocycles. The molecule has 9 nitrogen and oxygen atoms in total. The lowest BCUT2D eigenvalue weighted by Gasteiger charge is -2.33. The molecular weight excluding hydrogens is 454 g/mol. The van der Waals surface area contributed by atoms with Crippen LogP contribution in [0, 0.1) is 5.92 Å². The number of nitrogens with zero attached hydrogens (tertiary/aromatic N) is 2. The standard InChI is InChI=1S/C24H33N5O4S/c1-4-33-18-12-8-7-11-16(18)29(24(32)21-19(25)20(22(26)30)28-34-21)17(13-14(2)3)23(31)27-15-9-5-6-10-15/h7-8,11-12,14-15,17H,4-6,9-10,13,25H2,1-3H3,(H2,26,30)(H,27,31). The largest absolute Gasteiger partial charge is 0.492 e. The first-order valence-corrected chi connectivity index (χ1v) is 12.4. The Bertz CT molecular complexity index is 1030. The summed E-state index contributed by atoms with van der Waals surface area (Å²) in [6, 6.07) is 6.37. The molecular formula is C24H33N5O4S. The predicted octanol–water partition coefficient (Wildman–Crippen LogP) is 3.34. The highest BCUT2D eigenvalue weighted by Crippen LogP contribution is 2.35. The van der Waals surface area contributed by atoms with Gasteiger partial charge in [-0.1, -0.05) is 38.8 Å². The number of amides is 3. The van der Waals surface area contributed by atoms with Crippen molar-refractivity contribution in [1.82, 2.24) is 9.69 Å². The third-order valence-electron chi connectivity index (χ3n) is 5.81. The minimum absolute atomic E-state index is 0.0579. The highest BCUT2D eigenvalue weighted by Gasteiger charge is 2.37. The fourth-order valence-electron chi connectivity index (χ4n) is 4.23. The molecule has 0 spiro atoms. The summed E-state index contributed by atoms with van der Waals surface area (Å²) in [5.74, 6) is -0.972. The van der Waals surface area contributed by atoms with Crippen molar-refractivity contribution in [3.05, 3.63) is 34.8 Å². The van der Waals surface area contributed by atoms with Gasteiger partial charge in [0.1, 0.15) is 16.7 Å². The lowest BCUT2D eigenvalue weighted by molar-refractivity contribution is -0.123. The lowest BCUT2D eigenvalue weighted by Crippen LogP contribution is -2.52. The molecule has 1 heterocycles. The van der Waals surface area contributed by atoms with Gasteiger partial charge in [0.2, 0.25) is 5.91 Å². The van der Waals surface area contributed by atoms with E-state index < -0.39 is 17.9 Å². The fourth-order valence-corrected chi connectivity index (χ4v) is 4.98. The van der Waals surface area contributed by atoms with Gasteiger partial charge in [0.15, 0.2) is 5.69 Å². The predicted molar refractivity (Wildman–Crippen MR) is 133 cm³/mol. The normalized spacial score (nSPS) is 14.7. The summed E-state index contributed by atoms with van der Waals surface area (Å²) < 4.78 is 9.79. The molecule has 1 unspecified atom stereocenters. The molecule has 5 N–H and O–H groups in total. The first kappa shape index (κ1) is 25.5. The molecule has 10 heteroatoms. The van der Waals surface area contributed by atoms with Crippen molar-refractivity contribution in [2.24, 2.45) is 11.7 Å². The molecule has 1 aliphatic carbocycles. The van der Waals surface area contributed by atoms with Crippen LogP contribution >= 0.6 is 11.5 Å². The van der Waals surface area contributed by atoms with E-state index in [4.69, 9.17) is 16.2 Å². The summed E-state index contributed by atoms with van der Waals surface area (Å²) in [4.78, 5) is 40.7. The third-order valence-corrected chi connectivity index (χ3v) is 6.66. The number of ether oxygens (including phenoxy) is 1. The van der Waals surface area contributed by atoms with Crippen molar-refractivity contribution in [2.45, 2.75) is 65.0 Å². The van der Waals surface area contributed by atoms with Crippen LogP contribution in [0.2, 0.25) is 0 Å². The van der Waals surface area contributed by atoms with E-state index in [1.807, 2.05) is 20.8 Å². The molecule has 0 saturated heterocycles. The number of nitrogen functional groups attached to an aromatic ring is 1. The Kier molecular flexibility index (Phi) is 8.49. The fraction of sp³-hybridized carbons (Fsp3) is 0.500. The number of aromatic nitrogens is 1. The molecule has 1 aromatic carbocycles.